The van der Waals surface area contributed by atoms with Crippen LogP contribution < -0.4 is 0 Å². The van der Waals surface area contributed by atoms with Crippen molar-refractivity contribution in [2.75, 3.05) is 12.0 Å². The lowest BCUT2D eigenvalue weighted by Gasteiger charge is -2.20. The summed E-state index contributed by atoms with van der Waals surface area (Å²) in [4.78, 5) is 0. The summed E-state index contributed by atoms with van der Waals surface area (Å²) >= 11 is 2.01. The Hall–Kier alpha value is 0.350. The first-order valence-electron chi connectivity index (χ1n) is 4.89. The Morgan fingerprint density at radius 2 is 2.09 bits per heavy atom. The van der Waals surface area contributed by atoms with Crippen molar-refractivity contribution in [3.05, 3.63) is 0 Å². The molecule has 2 fully saturated rings. The Morgan fingerprint density at radius 3 is 2.82 bits per heavy atom. The van der Waals surface area contributed by atoms with Crippen molar-refractivity contribution in [2.45, 2.75) is 32.1 Å². The van der Waals surface area contributed by atoms with Crippen molar-refractivity contribution in [1.82, 2.24) is 0 Å². The van der Waals surface area contributed by atoms with E-state index >= 15 is 0 Å². The maximum absolute atomic E-state index is 2.22. The van der Waals surface area contributed by atoms with Crippen molar-refractivity contribution < 1.29 is 0 Å². The minimum absolute atomic E-state index is 1.10. The molecule has 0 saturated heterocycles. The van der Waals surface area contributed by atoms with E-state index in [1.165, 1.54) is 24.0 Å². The molecule has 2 rings (SSSR count). The smallest absolute Gasteiger partial charge is 0.00677 e. The summed E-state index contributed by atoms with van der Waals surface area (Å²) in [7, 11) is 0. The second-order valence-electron chi connectivity index (χ2n) is 4.22. The molecule has 2 saturated carbocycles. The SMILES string of the molecule is CSCCC1CCC2CC2C1. The van der Waals surface area contributed by atoms with Gasteiger partial charge in [-0.1, -0.05) is 6.42 Å². The fraction of sp³-hybridized carbons (Fsp3) is 1.00. The first-order chi connectivity index (χ1) is 5.40. The van der Waals surface area contributed by atoms with E-state index in [0.29, 0.717) is 0 Å². The van der Waals surface area contributed by atoms with Crippen LogP contribution in [0, 0.1) is 17.8 Å². The lowest BCUT2D eigenvalue weighted by atomic mass is 9.88. The highest BCUT2D eigenvalue weighted by molar-refractivity contribution is 7.98. The molecule has 0 aromatic carbocycles. The summed E-state index contributed by atoms with van der Waals surface area (Å²) < 4.78 is 0. The van der Waals surface area contributed by atoms with Gasteiger partial charge in [0.2, 0.25) is 0 Å². The van der Waals surface area contributed by atoms with Gasteiger partial charge in [0.25, 0.3) is 0 Å². The zero-order valence-corrected chi connectivity index (χ0v) is 8.20. The molecule has 11 heavy (non-hydrogen) atoms. The highest BCUT2D eigenvalue weighted by Crippen LogP contribution is 2.52. The van der Waals surface area contributed by atoms with Crippen LogP contribution >= 0.6 is 11.8 Å². The molecule has 3 unspecified atom stereocenters. The molecule has 1 heteroatoms. The molecule has 0 bridgehead atoms. The lowest BCUT2D eigenvalue weighted by molar-refractivity contribution is 0.337. The number of thioether (sulfide) groups is 1. The minimum atomic E-state index is 1.10. The van der Waals surface area contributed by atoms with Crippen LogP contribution in [0.2, 0.25) is 0 Å². The van der Waals surface area contributed by atoms with E-state index in [0.717, 1.165) is 5.92 Å². The fourth-order valence-corrected chi connectivity index (χ4v) is 3.06. The lowest BCUT2D eigenvalue weighted by Crippen LogP contribution is -2.09. The highest BCUT2D eigenvalue weighted by atomic mass is 32.2. The highest BCUT2D eigenvalue weighted by Gasteiger charge is 2.41. The molecular weight excluding hydrogens is 152 g/mol. The Labute approximate surface area is 74.1 Å². The number of hydrogen-bond donors (Lipinski definition) is 0. The molecule has 0 heterocycles. The Balaban J connectivity index is 1.68. The normalized spacial score (nSPS) is 41.7. The third-order valence-corrected chi connectivity index (χ3v) is 4.02. The van der Waals surface area contributed by atoms with E-state index < -0.39 is 0 Å². The van der Waals surface area contributed by atoms with E-state index in [1.54, 1.807) is 25.7 Å². The topological polar surface area (TPSA) is 0 Å². The predicted octanol–water partition coefficient (Wildman–Crippen LogP) is 3.18. The van der Waals surface area contributed by atoms with Crippen LogP contribution in [0.4, 0.5) is 0 Å². The van der Waals surface area contributed by atoms with Gasteiger partial charge in [0, 0.05) is 0 Å². The summed E-state index contributed by atoms with van der Waals surface area (Å²) in [6.45, 7) is 0. The standard InChI is InChI=1S/C10H18S/c1-11-5-4-8-2-3-9-7-10(9)6-8/h8-10H,2-7H2,1H3. The van der Waals surface area contributed by atoms with Crippen molar-refractivity contribution in [2.24, 2.45) is 17.8 Å². The van der Waals surface area contributed by atoms with Gasteiger partial charge in [-0.15, -0.1) is 0 Å². The van der Waals surface area contributed by atoms with Gasteiger partial charge in [-0.25, -0.2) is 0 Å². The predicted molar refractivity (Wildman–Crippen MR) is 51.9 cm³/mol. The number of fused-ring (bicyclic) bond motifs is 1. The molecule has 3 atom stereocenters. The number of rotatable bonds is 3. The van der Waals surface area contributed by atoms with Gasteiger partial charge in [0.15, 0.2) is 0 Å². The Morgan fingerprint density at radius 1 is 1.18 bits per heavy atom. The monoisotopic (exact) mass is 170 g/mol. The van der Waals surface area contributed by atoms with Gasteiger partial charge in [-0.2, -0.15) is 11.8 Å². The van der Waals surface area contributed by atoms with E-state index in [4.69, 9.17) is 0 Å². The van der Waals surface area contributed by atoms with Gasteiger partial charge in [0.05, 0.1) is 0 Å². The van der Waals surface area contributed by atoms with E-state index in [-0.39, 0.29) is 0 Å². The summed E-state index contributed by atoms with van der Waals surface area (Å²) in [5.41, 5.74) is 0. The fourth-order valence-electron chi connectivity index (χ4n) is 2.50. The molecule has 0 radical (unpaired) electrons. The summed E-state index contributed by atoms with van der Waals surface area (Å²) in [5.74, 6) is 4.85. The molecule has 0 aromatic rings. The third kappa shape index (κ3) is 1.93. The Bertz CT molecular complexity index is 133. The van der Waals surface area contributed by atoms with Crippen molar-refractivity contribution in [3.8, 4) is 0 Å². The molecule has 2 aliphatic carbocycles. The first kappa shape index (κ1) is 7.97. The molecular formula is C10H18S. The zero-order chi connectivity index (χ0) is 7.68. The quantitative estimate of drug-likeness (QED) is 0.627. The summed E-state index contributed by atoms with van der Waals surface area (Å²) in [6.07, 6.45) is 9.97. The van der Waals surface area contributed by atoms with Crippen LogP contribution in [-0.2, 0) is 0 Å². The molecule has 0 N–H and O–H groups in total. The van der Waals surface area contributed by atoms with Crippen LogP contribution in [0.25, 0.3) is 0 Å². The van der Waals surface area contributed by atoms with Crippen LogP contribution in [0.1, 0.15) is 32.1 Å². The Kier molecular flexibility index (Phi) is 2.45. The van der Waals surface area contributed by atoms with Crippen LogP contribution in [0.15, 0.2) is 0 Å². The summed E-state index contributed by atoms with van der Waals surface area (Å²) in [6, 6.07) is 0. The molecule has 64 valence electrons. The zero-order valence-electron chi connectivity index (χ0n) is 7.38. The van der Waals surface area contributed by atoms with Gasteiger partial charge >= 0.3 is 0 Å². The molecule has 0 aliphatic heterocycles. The van der Waals surface area contributed by atoms with Gasteiger partial charge in [-0.3, -0.25) is 0 Å². The number of hydrogen-bond acceptors (Lipinski definition) is 1. The van der Waals surface area contributed by atoms with E-state index in [2.05, 4.69) is 6.26 Å². The summed E-state index contributed by atoms with van der Waals surface area (Å²) in [5, 5.41) is 0. The first-order valence-corrected chi connectivity index (χ1v) is 6.28. The average molecular weight is 170 g/mol. The molecule has 0 nitrogen and oxygen atoms in total. The second kappa shape index (κ2) is 3.38. The van der Waals surface area contributed by atoms with Crippen molar-refractivity contribution >= 4 is 11.8 Å². The molecule has 2 aliphatic rings. The van der Waals surface area contributed by atoms with Gasteiger partial charge in [-0.05, 0) is 55.4 Å². The maximum Gasteiger partial charge on any atom is -0.00677 e. The third-order valence-electron chi connectivity index (χ3n) is 3.38. The van der Waals surface area contributed by atoms with Gasteiger partial charge < -0.3 is 0 Å². The van der Waals surface area contributed by atoms with Crippen molar-refractivity contribution in [3.63, 3.8) is 0 Å². The van der Waals surface area contributed by atoms with Crippen molar-refractivity contribution in [1.29, 1.82) is 0 Å². The maximum atomic E-state index is 2.22. The average Bonchev–Trinajstić information content (AvgIpc) is 2.78. The largest absolute Gasteiger partial charge is 0.165 e. The van der Waals surface area contributed by atoms with E-state index in [1.807, 2.05) is 11.8 Å². The van der Waals surface area contributed by atoms with E-state index in [9.17, 15) is 0 Å². The van der Waals surface area contributed by atoms with Gasteiger partial charge in [0.1, 0.15) is 0 Å². The van der Waals surface area contributed by atoms with Crippen LogP contribution in [0.3, 0.4) is 0 Å². The molecule has 0 spiro atoms. The molecule has 0 aromatic heterocycles. The molecule has 0 amide bonds. The van der Waals surface area contributed by atoms with Crippen LogP contribution in [-0.4, -0.2) is 12.0 Å². The van der Waals surface area contributed by atoms with Crippen LogP contribution in [0.5, 0.6) is 0 Å². The second-order valence-corrected chi connectivity index (χ2v) is 5.20. The minimum Gasteiger partial charge on any atom is -0.165 e.